The maximum absolute atomic E-state index is 12.9. The van der Waals surface area contributed by atoms with Crippen LogP contribution in [0.2, 0.25) is 0 Å². The molecular formula is C61H104O9. The van der Waals surface area contributed by atoms with Crippen LogP contribution in [-0.4, -0.2) is 89.6 Å². The standard InChI is InChI=1S/C61H104O9/c1-3-5-7-9-11-13-15-17-19-21-23-25-27-28-29-30-32-34-36-38-40-42-44-46-48-50-57(63)69-55(54-68-61-60(66)59(65)58(64)56(52-62)70-61)53-67-51-49-47-45-43-41-39-37-35-33-31-26-24-22-20-18-16-14-12-10-8-6-4-2/h5,7,11,13,16-19,22-25,28-29,32,34,55-56,58-62,64-66H,3-4,6,8-10,12,14-15,20-21,26-27,30-31,33,35-54H2,1-2H3/b7-5-,13-11-,18-16-,19-17-,24-22-,25-23-,29-28-,34-32-. The van der Waals surface area contributed by atoms with Crippen LogP contribution in [0.25, 0.3) is 0 Å². The number of ether oxygens (including phenoxy) is 4. The van der Waals surface area contributed by atoms with Gasteiger partial charge in [-0.3, -0.25) is 4.79 Å². The fourth-order valence-electron chi connectivity index (χ4n) is 8.11. The zero-order valence-electron chi connectivity index (χ0n) is 44.5. The zero-order chi connectivity index (χ0) is 50.6. The summed E-state index contributed by atoms with van der Waals surface area (Å²) < 4.78 is 22.9. The minimum absolute atomic E-state index is 0.126. The maximum Gasteiger partial charge on any atom is 0.306 e. The van der Waals surface area contributed by atoms with Gasteiger partial charge in [0.1, 0.15) is 30.5 Å². The molecule has 0 amide bonds. The van der Waals surface area contributed by atoms with E-state index in [9.17, 15) is 25.2 Å². The van der Waals surface area contributed by atoms with Gasteiger partial charge in [0.15, 0.2) is 6.29 Å². The molecule has 1 aliphatic rings. The number of carbonyl (C=O) groups is 1. The third kappa shape index (κ3) is 40.7. The second-order valence-electron chi connectivity index (χ2n) is 19.0. The van der Waals surface area contributed by atoms with Gasteiger partial charge in [-0.1, -0.05) is 214 Å². The number of hydrogen-bond acceptors (Lipinski definition) is 9. The van der Waals surface area contributed by atoms with Crippen LogP contribution < -0.4 is 0 Å². The van der Waals surface area contributed by atoms with E-state index in [1.54, 1.807) is 0 Å². The molecule has 0 aliphatic carbocycles. The second kappa shape index (κ2) is 51.0. The lowest BCUT2D eigenvalue weighted by molar-refractivity contribution is -0.305. The van der Waals surface area contributed by atoms with Crippen LogP contribution in [0, 0.1) is 0 Å². The summed E-state index contributed by atoms with van der Waals surface area (Å²) in [6.07, 6.45) is 64.4. The number of hydrogen-bond donors (Lipinski definition) is 4. The Labute approximate surface area is 428 Å². The Kier molecular flexibility index (Phi) is 47.5. The molecule has 1 saturated heterocycles. The highest BCUT2D eigenvalue weighted by Gasteiger charge is 2.44. The number of unbranched alkanes of at least 4 members (excludes halogenated alkanes) is 21. The van der Waals surface area contributed by atoms with E-state index in [1.165, 1.54) is 103 Å². The lowest BCUT2D eigenvalue weighted by atomic mass is 9.99. The van der Waals surface area contributed by atoms with Crippen LogP contribution in [0.1, 0.15) is 219 Å². The van der Waals surface area contributed by atoms with E-state index in [4.69, 9.17) is 18.9 Å². The number of esters is 1. The molecule has 4 N–H and O–H groups in total. The van der Waals surface area contributed by atoms with E-state index in [-0.39, 0.29) is 19.2 Å². The predicted octanol–water partition coefficient (Wildman–Crippen LogP) is 14.7. The Morgan fingerprint density at radius 1 is 0.471 bits per heavy atom. The fourth-order valence-corrected chi connectivity index (χ4v) is 8.11. The normalized spacial score (nSPS) is 19.7. The van der Waals surface area contributed by atoms with Gasteiger partial charge in [0, 0.05) is 13.0 Å². The number of aliphatic hydroxyl groups is 4. The Hall–Kier alpha value is -2.89. The Balaban J connectivity index is 2.20. The summed E-state index contributed by atoms with van der Waals surface area (Å²) in [7, 11) is 0. The highest BCUT2D eigenvalue weighted by molar-refractivity contribution is 5.69. The Morgan fingerprint density at radius 2 is 0.871 bits per heavy atom. The van der Waals surface area contributed by atoms with Crippen molar-refractivity contribution in [3.05, 3.63) is 97.2 Å². The molecule has 0 aromatic heterocycles. The molecule has 6 unspecified atom stereocenters. The average molecular weight is 981 g/mol. The molecule has 0 aromatic carbocycles. The van der Waals surface area contributed by atoms with E-state index in [1.807, 2.05) is 0 Å². The van der Waals surface area contributed by atoms with E-state index < -0.39 is 43.4 Å². The van der Waals surface area contributed by atoms with Crippen molar-refractivity contribution >= 4 is 5.97 Å². The predicted molar refractivity (Wildman–Crippen MR) is 293 cm³/mol. The summed E-state index contributed by atoms with van der Waals surface area (Å²) in [5, 5.41) is 40.3. The highest BCUT2D eigenvalue weighted by atomic mass is 16.7. The van der Waals surface area contributed by atoms with Crippen molar-refractivity contribution in [2.75, 3.05) is 26.4 Å². The molecule has 1 aliphatic heterocycles. The van der Waals surface area contributed by atoms with E-state index in [0.717, 1.165) is 96.3 Å². The minimum Gasteiger partial charge on any atom is -0.457 e. The molecule has 402 valence electrons. The smallest absolute Gasteiger partial charge is 0.306 e. The van der Waals surface area contributed by atoms with Gasteiger partial charge < -0.3 is 39.4 Å². The minimum atomic E-state index is -1.55. The van der Waals surface area contributed by atoms with Crippen molar-refractivity contribution in [2.45, 2.75) is 256 Å². The zero-order valence-corrected chi connectivity index (χ0v) is 44.5. The van der Waals surface area contributed by atoms with Crippen LogP contribution in [0.4, 0.5) is 0 Å². The molecule has 1 fully saturated rings. The quantitative estimate of drug-likeness (QED) is 0.0267. The number of rotatable bonds is 48. The Morgan fingerprint density at radius 3 is 1.31 bits per heavy atom. The first kappa shape index (κ1) is 65.1. The molecule has 0 saturated carbocycles. The van der Waals surface area contributed by atoms with Crippen LogP contribution in [0.5, 0.6) is 0 Å². The van der Waals surface area contributed by atoms with Gasteiger partial charge in [0.05, 0.1) is 19.8 Å². The molecule has 70 heavy (non-hydrogen) atoms. The van der Waals surface area contributed by atoms with Crippen molar-refractivity contribution in [3.8, 4) is 0 Å². The summed E-state index contributed by atoms with van der Waals surface area (Å²) in [6, 6.07) is 0. The topological polar surface area (TPSA) is 135 Å². The molecule has 1 heterocycles. The lowest BCUT2D eigenvalue weighted by Crippen LogP contribution is -2.59. The second-order valence-corrected chi connectivity index (χ2v) is 19.0. The average Bonchev–Trinajstić information content (AvgIpc) is 3.36. The highest BCUT2D eigenvalue weighted by Crippen LogP contribution is 2.23. The van der Waals surface area contributed by atoms with Gasteiger partial charge in [-0.05, 0) is 96.3 Å². The number of aliphatic hydroxyl groups excluding tert-OH is 4. The number of carbonyl (C=O) groups excluding carboxylic acids is 1. The Bertz CT molecular complexity index is 1390. The third-order valence-corrected chi connectivity index (χ3v) is 12.5. The fraction of sp³-hybridized carbons (Fsp3) is 0.721. The van der Waals surface area contributed by atoms with Gasteiger partial charge in [0.2, 0.25) is 0 Å². The van der Waals surface area contributed by atoms with Crippen molar-refractivity contribution in [1.29, 1.82) is 0 Å². The summed E-state index contributed by atoms with van der Waals surface area (Å²) in [5.74, 6) is -0.331. The molecule has 9 nitrogen and oxygen atoms in total. The van der Waals surface area contributed by atoms with Crippen molar-refractivity contribution in [3.63, 3.8) is 0 Å². The molecule has 0 bridgehead atoms. The number of allylic oxidation sites excluding steroid dienone is 16. The van der Waals surface area contributed by atoms with E-state index >= 15 is 0 Å². The SMILES string of the molecule is CC/C=C\C/C=C\C/C=C\C/C=C\C/C=C\C/C=C\CCCCCCCCC(=O)OC(COCCCCCCCCCCCC/C=C\C/C=C\CCCCCCC)COC1OC(CO)C(O)C(O)C1O. The summed E-state index contributed by atoms with van der Waals surface area (Å²) in [5.41, 5.74) is 0. The van der Waals surface area contributed by atoms with Crippen molar-refractivity contribution < 1.29 is 44.2 Å². The summed E-state index contributed by atoms with van der Waals surface area (Å²) >= 11 is 0. The van der Waals surface area contributed by atoms with Crippen LogP contribution in [0.15, 0.2) is 97.2 Å². The van der Waals surface area contributed by atoms with Crippen LogP contribution in [0.3, 0.4) is 0 Å². The molecular weight excluding hydrogens is 877 g/mol. The molecule has 0 radical (unpaired) electrons. The largest absolute Gasteiger partial charge is 0.457 e. The van der Waals surface area contributed by atoms with Gasteiger partial charge in [-0.2, -0.15) is 0 Å². The van der Waals surface area contributed by atoms with Crippen molar-refractivity contribution in [1.82, 2.24) is 0 Å². The third-order valence-electron chi connectivity index (χ3n) is 12.5. The van der Waals surface area contributed by atoms with Gasteiger partial charge in [-0.15, -0.1) is 0 Å². The summed E-state index contributed by atoms with van der Waals surface area (Å²) in [6.45, 7) is 4.41. The first-order valence-electron chi connectivity index (χ1n) is 28.3. The summed E-state index contributed by atoms with van der Waals surface area (Å²) in [4.78, 5) is 12.9. The molecule has 0 aromatic rings. The van der Waals surface area contributed by atoms with Gasteiger partial charge in [0.25, 0.3) is 0 Å². The maximum atomic E-state index is 12.9. The first-order valence-corrected chi connectivity index (χ1v) is 28.3. The lowest BCUT2D eigenvalue weighted by Gasteiger charge is -2.39. The monoisotopic (exact) mass is 981 g/mol. The van der Waals surface area contributed by atoms with Crippen LogP contribution in [-0.2, 0) is 23.7 Å². The van der Waals surface area contributed by atoms with Crippen LogP contribution >= 0.6 is 0 Å². The van der Waals surface area contributed by atoms with E-state index in [2.05, 4.69) is 111 Å². The molecule has 0 spiro atoms. The molecule has 6 atom stereocenters. The van der Waals surface area contributed by atoms with Gasteiger partial charge in [-0.25, -0.2) is 0 Å². The molecule has 9 heteroatoms. The first-order chi connectivity index (χ1) is 34.4. The van der Waals surface area contributed by atoms with Gasteiger partial charge >= 0.3 is 5.97 Å². The van der Waals surface area contributed by atoms with Crippen molar-refractivity contribution in [2.24, 2.45) is 0 Å². The molecule has 1 rings (SSSR count). The van der Waals surface area contributed by atoms with E-state index in [0.29, 0.717) is 13.0 Å².